The molecule has 0 aliphatic heterocycles. The van der Waals surface area contributed by atoms with Crippen LogP contribution in [-0.4, -0.2) is 0 Å². The Bertz CT molecular complexity index is 3380. The molecule has 0 amide bonds. The molecule has 64 heavy (non-hydrogen) atoms. The third kappa shape index (κ3) is 7.00. The van der Waals surface area contributed by atoms with E-state index in [1.807, 2.05) is 22.7 Å². The van der Waals surface area contributed by atoms with Gasteiger partial charge in [0.25, 0.3) is 0 Å². The molecule has 0 N–H and O–H groups in total. The lowest BCUT2D eigenvalue weighted by Gasteiger charge is -2.26. The molecule has 4 heteroatoms. The zero-order chi connectivity index (χ0) is 42.4. The van der Waals surface area contributed by atoms with E-state index in [-0.39, 0.29) is 0 Å². The lowest BCUT2D eigenvalue weighted by Crippen LogP contribution is -2.09. The minimum atomic E-state index is 1.11. The van der Waals surface area contributed by atoms with Crippen LogP contribution in [0, 0.1) is 0 Å². The number of para-hydroxylation sites is 2. The first-order valence-electron chi connectivity index (χ1n) is 21.6. The highest BCUT2D eigenvalue weighted by molar-refractivity contribution is 7.26. The molecule has 12 rings (SSSR count). The lowest BCUT2D eigenvalue weighted by atomic mass is 9.93. The Morgan fingerprint density at radius 1 is 0.203 bits per heavy atom. The van der Waals surface area contributed by atoms with Crippen LogP contribution in [0.5, 0.6) is 0 Å². The minimum absolute atomic E-state index is 1.11. The SMILES string of the molecule is c1ccc(-c2cc(-c3ccc(N(c4ccccc4)c4ccc5sc6ccccc6c5c4)cc3)cc(-c3ccc(N(c4ccccc4)c4ccc5sc6ccccc6c5c4)cc3)c2)cc1. The smallest absolute Gasteiger partial charge is 0.0468 e. The molecule has 12 aromatic rings. The van der Waals surface area contributed by atoms with Gasteiger partial charge in [0.05, 0.1) is 0 Å². The van der Waals surface area contributed by atoms with Gasteiger partial charge in [0.2, 0.25) is 0 Å². The summed E-state index contributed by atoms with van der Waals surface area (Å²) in [4.78, 5) is 4.73. The molecule has 2 aromatic heterocycles. The van der Waals surface area contributed by atoms with Crippen LogP contribution in [0.25, 0.3) is 73.7 Å². The Balaban J connectivity index is 0.923. The van der Waals surface area contributed by atoms with Crippen LogP contribution in [0.1, 0.15) is 0 Å². The molecule has 0 radical (unpaired) electrons. The number of benzene rings is 10. The lowest BCUT2D eigenvalue weighted by molar-refractivity contribution is 1.29. The minimum Gasteiger partial charge on any atom is -0.310 e. The quantitative estimate of drug-likeness (QED) is 0.143. The number of rotatable bonds is 9. The highest BCUT2D eigenvalue weighted by Gasteiger charge is 2.18. The summed E-state index contributed by atoms with van der Waals surface area (Å²) in [6, 6.07) is 88.4. The van der Waals surface area contributed by atoms with Gasteiger partial charge < -0.3 is 9.80 Å². The molecule has 0 bridgehead atoms. The fraction of sp³-hybridized carbons (Fsp3) is 0. The Hall–Kier alpha value is -7.76. The van der Waals surface area contributed by atoms with Crippen LogP contribution >= 0.6 is 22.7 Å². The molecule has 0 aliphatic carbocycles. The summed E-state index contributed by atoms with van der Waals surface area (Å²) in [6.45, 7) is 0. The van der Waals surface area contributed by atoms with Crippen molar-refractivity contribution in [3.05, 3.63) is 243 Å². The highest BCUT2D eigenvalue weighted by Crippen LogP contribution is 2.44. The van der Waals surface area contributed by atoms with E-state index in [1.54, 1.807) is 0 Å². The molecule has 0 spiro atoms. The van der Waals surface area contributed by atoms with Gasteiger partial charge in [-0.05, 0) is 149 Å². The largest absolute Gasteiger partial charge is 0.310 e. The predicted octanol–water partition coefficient (Wildman–Crippen LogP) is 18.4. The van der Waals surface area contributed by atoms with Gasteiger partial charge in [-0.1, -0.05) is 127 Å². The van der Waals surface area contributed by atoms with Gasteiger partial charge in [0.1, 0.15) is 0 Å². The van der Waals surface area contributed by atoms with Crippen molar-refractivity contribution in [2.75, 3.05) is 9.80 Å². The van der Waals surface area contributed by atoms with E-state index < -0.39 is 0 Å². The zero-order valence-electron chi connectivity index (χ0n) is 34.8. The molecular formula is C60H40N2S2. The monoisotopic (exact) mass is 852 g/mol. The molecule has 2 nitrogen and oxygen atoms in total. The van der Waals surface area contributed by atoms with Crippen molar-refractivity contribution >= 4 is 97.1 Å². The summed E-state index contributed by atoms with van der Waals surface area (Å²) < 4.78 is 5.23. The van der Waals surface area contributed by atoms with Crippen LogP contribution in [-0.2, 0) is 0 Å². The molecule has 0 unspecified atom stereocenters. The second-order valence-corrected chi connectivity index (χ2v) is 18.3. The number of anilines is 6. The maximum Gasteiger partial charge on any atom is 0.0468 e. The van der Waals surface area contributed by atoms with Crippen molar-refractivity contribution in [1.82, 2.24) is 0 Å². The summed E-state index contributed by atoms with van der Waals surface area (Å²) >= 11 is 3.70. The number of thiophene rings is 2. The number of hydrogen-bond donors (Lipinski definition) is 0. The standard InChI is InChI=1S/C60H40N2S2/c1-4-14-41(15-5-1)44-36-45(42-24-28-49(29-25-42)61(47-16-6-2-7-17-47)51-32-34-59-55(39-51)53-20-10-12-22-57(53)63-59)38-46(37-44)43-26-30-50(31-27-43)62(48-18-8-3-9-19-48)52-33-35-60-56(40-52)54-21-11-13-23-58(54)64-60/h1-40H. The Morgan fingerprint density at radius 3 is 0.938 bits per heavy atom. The maximum absolute atomic E-state index is 2.36. The summed E-state index contributed by atoms with van der Waals surface area (Å²) in [6.07, 6.45) is 0. The van der Waals surface area contributed by atoms with Crippen LogP contribution < -0.4 is 9.80 Å². The van der Waals surface area contributed by atoms with Crippen LogP contribution in [0.3, 0.4) is 0 Å². The first-order chi connectivity index (χ1) is 31.7. The van der Waals surface area contributed by atoms with E-state index >= 15 is 0 Å². The molecule has 0 aliphatic rings. The van der Waals surface area contributed by atoms with Crippen LogP contribution in [0.4, 0.5) is 34.1 Å². The van der Waals surface area contributed by atoms with Gasteiger partial charge in [-0.25, -0.2) is 0 Å². The van der Waals surface area contributed by atoms with Crippen LogP contribution in [0.2, 0.25) is 0 Å². The highest BCUT2D eigenvalue weighted by atomic mass is 32.1. The summed E-state index contributed by atoms with van der Waals surface area (Å²) in [5.74, 6) is 0. The average molecular weight is 853 g/mol. The third-order valence-corrected chi connectivity index (χ3v) is 14.5. The molecule has 0 atom stereocenters. The summed E-state index contributed by atoms with van der Waals surface area (Å²) in [7, 11) is 0. The fourth-order valence-electron chi connectivity index (χ4n) is 9.12. The summed E-state index contributed by atoms with van der Waals surface area (Å²) in [5, 5.41) is 5.18. The van der Waals surface area contributed by atoms with E-state index in [4.69, 9.17) is 0 Å². The van der Waals surface area contributed by atoms with Crippen molar-refractivity contribution in [1.29, 1.82) is 0 Å². The van der Waals surface area contributed by atoms with Gasteiger partial charge in [-0.2, -0.15) is 0 Å². The molecule has 10 aromatic carbocycles. The Morgan fingerprint density at radius 2 is 0.516 bits per heavy atom. The molecule has 0 saturated carbocycles. The Labute approximate surface area is 380 Å². The van der Waals surface area contributed by atoms with Crippen LogP contribution in [0.15, 0.2) is 243 Å². The first kappa shape index (κ1) is 38.0. The van der Waals surface area contributed by atoms with Gasteiger partial charge in [0.15, 0.2) is 0 Å². The maximum atomic E-state index is 2.36. The van der Waals surface area contributed by atoms with Gasteiger partial charge in [0, 0.05) is 74.5 Å². The number of hydrogen-bond acceptors (Lipinski definition) is 4. The number of fused-ring (bicyclic) bond motifs is 6. The third-order valence-electron chi connectivity index (χ3n) is 12.2. The van der Waals surface area contributed by atoms with Crippen molar-refractivity contribution in [2.45, 2.75) is 0 Å². The van der Waals surface area contributed by atoms with Crippen molar-refractivity contribution in [3.8, 4) is 33.4 Å². The molecule has 2 heterocycles. The second kappa shape index (κ2) is 16.2. The van der Waals surface area contributed by atoms with Gasteiger partial charge in [-0.3, -0.25) is 0 Å². The molecule has 0 fully saturated rings. The molecule has 0 saturated heterocycles. The zero-order valence-corrected chi connectivity index (χ0v) is 36.4. The van der Waals surface area contributed by atoms with E-state index in [0.29, 0.717) is 0 Å². The van der Waals surface area contributed by atoms with Gasteiger partial charge >= 0.3 is 0 Å². The van der Waals surface area contributed by atoms with E-state index in [0.717, 1.165) is 34.1 Å². The summed E-state index contributed by atoms with van der Waals surface area (Å²) in [5.41, 5.74) is 13.8. The van der Waals surface area contributed by atoms with E-state index in [1.165, 1.54) is 73.7 Å². The van der Waals surface area contributed by atoms with Crippen molar-refractivity contribution in [2.24, 2.45) is 0 Å². The number of nitrogens with zero attached hydrogens (tertiary/aromatic N) is 2. The fourth-order valence-corrected chi connectivity index (χ4v) is 11.3. The topological polar surface area (TPSA) is 6.48 Å². The molecule has 302 valence electrons. The normalized spacial score (nSPS) is 11.4. The van der Waals surface area contributed by atoms with Gasteiger partial charge in [-0.15, -0.1) is 22.7 Å². The van der Waals surface area contributed by atoms with E-state index in [2.05, 4.69) is 252 Å². The van der Waals surface area contributed by atoms with Crippen molar-refractivity contribution < 1.29 is 0 Å². The predicted molar refractivity (Wildman–Crippen MR) is 278 cm³/mol. The average Bonchev–Trinajstić information content (AvgIpc) is 3.93. The first-order valence-corrected chi connectivity index (χ1v) is 23.3. The van der Waals surface area contributed by atoms with Crippen molar-refractivity contribution in [3.63, 3.8) is 0 Å². The van der Waals surface area contributed by atoms with E-state index in [9.17, 15) is 0 Å². The Kier molecular flexibility index (Phi) is 9.59. The second-order valence-electron chi connectivity index (χ2n) is 16.2. The molecular weight excluding hydrogens is 813 g/mol.